The van der Waals surface area contributed by atoms with Gasteiger partial charge in [0, 0.05) is 5.69 Å². The summed E-state index contributed by atoms with van der Waals surface area (Å²) in [6.45, 7) is 2.23. The molecule has 0 saturated heterocycles. The minimum Gasteiger partial charge on any atom is -0.496 e. The van der Waals surface area contributed by atoms with Crippen molar-refractivity contribution in [3.8, 4) is 5.75 Å². The number of hydrogen-bond acceptors (Lipinski definition) is 4. The number of carbonyl (C=O) groups excluding carboxylic acids is 1. The number of ether oxygens (including phenoxy) is 2. The normalized spacial score (nSPS) is 10.1. The van der Waals surface area contributed by atoms with E-state index in [1.807, 2.05) is 31.2 Å². The van der Waals surface area contributed by atoms with E-state index in [0.29, 0.717) is 17.0 Å². The molecule has 104 valence electrons. The Kier molecular flexibility index (Phi) is 4.25. The summed E-state index contributed by atoms with van der Waals surface area (Å²) >= 11 is 0. The number of carbonyl (C=O) groups is 1. The van der Waals surface area contributed by atoms with Gasteiger partial charge < -0.3 is 15.2 Å². The maximum Gasteiger partial charge on any atom is 0.342 e. The Morgan fingerprint density at radius 3 is 2.50 bits per heavy atom. The van der Waals surface area contributed by atoms with E-state index in [1.165, 1.54) is 7.11 Å². The monoisotopic (exact) mass is 271 g/mol. The summed E-state index contributed by atoms with van der Waals surface area (Å²) in [5.41, 5.74) is 8.61. The summed E-state index contributed by atoms with van der Waals surface area (Å²) in [7, 11) is 1.50. The predicted octanol–water partition coefficient (Wildman–Crippen LogP) is 2.94. The number of anilines is 1. The van der Waals surface area contributed by atoms with E-state index in [0.717, 1.165) is 11.1 Å². The van der Waals surface area contributed by atoms with E-state index in [2.05, 4.69) is 0 Å². The van der Waals surface area contributed by atoms with Gasteiger partial charge in [0.2, 0.25) is 0 Å². The highest BCUT2D eigenvalue weighted by atomic mass is 16.5. The van der Waals surface area contributed by atoms with Crippen molar-refractivity contribution in [1.82, 2.24) is 0 Å². The highest BCUT2D eigenvalue weighted by molar-refractivity contribution is 5.93. The van der Waals surface area contributed by atoms with Crippen LogP contribution < -0.4 is 10.5 Å². The molecular weight excluding hydrogens is 254 g/mol. The Labute approximate surface area is 118 Å². The molecule has 0 fully saturated rings. The highest BCUT2D eigenvalue weighted by Gasteiger charge is 2.14. The van der Waals surface area contributed by atoms with E-state index in [9.17, 15) is 4.79 Å². The average Bonchev–Trinajstić information content (AvgIpc) is 2.46. The maximum absolute atomic E-state index is 12.1. The molecule has 2 rings (SSSR count). The van der Waals surface area contributed by atoms with Crippen LogP contribution in [0.25, 0.3) is 0 Å². The van der Waals surface area contributed by atoms with Crippen LogP contribution in [0.1, 0.15) is 21.5 Å². The standard InChI is InChI=1S/C16H17NO3/c1-11-3-5-12(6-4-11)10-20-16(18)14-9-13(17)7-8-15(14)19-2/h3-9H,10,17H2,1-2H3. The number of nitrogen functional groups attached to an aromatic ring is 1. The molecule has 0 amide bonds. The summed E-state index contributed by atoms with van der Waals surface area (Å²) in [5, 5.41) is 0. The molecule has 0 spiro atoms. The molecule has 0 aliphatic heterocycles. The van der Waals surface area contributed by atoms with Crippen molar-refractivity contribution < 1.29 is 14.3 Å². The molecule has 0 saturated carbocycles. The predicted molar refractivity (Wildman–Crippen MR) is 77.7 cm³/mol. The van der Waals surface area contributed by atoms with Gasteiger partial charge in [0.25, 0.3) is 0 Å². The lowest BCUT2D eigenvalue weighted by Crippen LogP contribution is -2.08. The quantitative estimate of drug-likeness (QED) is 0.686. The fourth-order valence-corrected chi connectivity index (χ4v) is 1.80. The van der Waals surface area contributed by atoms with E-state index in [4.69, 9.17) is 15.2 Å². The second kappa shape index (κ2) is 6.10. The molecule has 0 atom stereocenters. The zero-order valence-corrected chi connectivity index (χ0v) is 11.6. The number of nitrogens with two attached hydrogens (primary N) is 1. The molecule has 2 N–H and O–H groups in total. The molecular formula is C16H17NO3. The summed E-state index contributed by atoms with van der Waals surface area (Å²) < 4.78 is 10.4. The lowest BCUT2D eigenvalue weighted by molar-refractivity contribution is 0.0469. The maximum atomic E-state index is 12.1. The van der Waals surface area contributed by atoms with E-state index in [-0.39, 0.29) is 6.61 Å². The van der Waals surface area contributed by atoms with Crippen molar-refractivity contribution in [3.05, 3.63) is 59.2 Å². The molecule has 0 unspecified atom stereocenters. The third kappa shape index (κ3) is 3.29. The van der Waals surface area contributed by atoms with Crippen LogP contribution in [0.15, 0.2) is 42.5 Å². The van der Waals surface area contributed by atoms with Crippen LogP contribution in [0.5, 0.6) is 5.75 Å². The molecule has 0 bridgehead atoms. The number of hydrogen-bond donors (Lipinski definition) is 1. The molecule has 2 aromatic rings. The molecule has 2 aromatic carbocycles. The Balaban J connectivity index is 2.08. The second-order valence-electron chi connectivity index (χ2n) is 4.52. The summed E-state index contributed by atoms with van der Waals surface area (Å²) in [4.78, 5) is 12.1. The van der Waals surface area contributed by atoms with Gasteiger partial charge in [-0.3, -0.25) is 0 Å². The number of rotatable bonds is 4. The van der Waals surface area contributed by atoms with Crippen molar-refractivity contribution in [3.63, 3.8) is 0 Å². The van der Waals surface area contributed by atoms with Crippen LogP contribution in [0, 0.1) is 6.92 Å². The van der Waals surface area contributed by atoms with Gasteiger partial charge in [-0.15, -0.1) is 0 Å². The minimum absolute atomic E-state index is 0.219. The summed E-state index contributed by atoms with van der Waals surface area (Å²) in [5.74, 6) is 0.00262. The average molecular weight is 271 g/mol. The Morgan fingerprint density at radius 2 is 1.85 bits per heavy atom. The molecule has 0 aromatic heterocycles. The van der Waals surface area contributed by atoms with Gasteiger partial charge in [-0.2, -0.15) is 0 Å². The van der Waals surface area contributed by atoms with Crippen molar-refractivity contribution in [1.29, 1.82) is 0 Å². The highest BCUT2D eigenvalue weighted by Crippen LogP contribution is 2.22. The fraction of sp³-hybridized carbons (Fsp3) is 0.188. The van der Waals surface area contributed by atoms with Gasteiger partial charge in [-0.05, 0) is 30.7 Å². The smallest absolute Gasteiger partial charge is 0.342 e. The lowest BCUT2D eigenvalue weighted by Gasteiger charge is -2.09. The van der Waals surface area contributed by atoms with E-state index in [1.54, 1.807) is 18.2 Å². The van der Waals surface area contributed by atoms with Gasteiger partial charge in [0.15, 0.2) is 0 Å². The third-order valence-electron chi connectivity index (χ3n) is 2.93. The molecule has 0 radical (unpaired) electrons. The first-order valence-corrected chi connectivity index (χ1v) is 6.26. The fourth-order valence-electron chi connectivity index (χ4n) is 1.80. The third-order valence-corrected chi connectivity index (χ3v) is 2.93. The minimum atomic E-state index is -0.449. The van der Waals surface area contributed by atoms with Gasteiger partial charge in [0.1, 0.15) is 17.9 Å². The molecule has 4 heteroatoms. The molecule has 0 aliphatic carbocycles. The summed E-state index contributed by atoms with van der Waals surface area (Å²) in [6.07, 6.45) is 0. The lowest BCUT2D eigenvalue weighted by atomic mass is 10.1. The first kappa shape index (κ1) is 13.9. The first-order chi connectivity index (χ1) is 9.60. The molecule has 20 heavy (non-hydrogen) atoms. The number of methoxy groups -OCH3 is 1. The van der Waals surface area contributed by atoms with Crippen molar-refractivity contribution in [2.75, 3.05) is 12.8 Å². The molecule has 0 aliphatic rings. The molecule has 0 heterocycles. The number of aryl methyl sites for hydroxylation is 1. The Bertz CT molecular complexity index is 606. The van der Waals surface area contributed by atoms with Crippen molar-refractivity contribution >= 4 is 11.7 Å². The largest absolute Gasteiger partial charge is 0.496 e. The topological polar surface area (TPSA) is 61.5 Å². The van der Waals surface area contributed by atoms with Gasteiger partial charge in [-0.1, -0.05) is 29.8 Å². The Morgan fingerprint density at radius 1 is 1.15 bits per heavy atom. The van der Waals surface area contributed by atoms with E-state index < -0.39 is 5.97 Å². The first-order valence-electron chi connectivity index (χ1n) is 6.26. The number of esters is 1. The SMILES string of the molecule is COc1ccc(N)cc1C(=O)OCc1ccc(C)cc1. The van der Waals surface area contributed by atoms with Crippen LogP contribution in [0.3, 0.4) is 0 Å². The second-order valence-corrected chi connectivity index (χ2v) is 4.52. The van der Waals surface area contributed by atoms with Gasteiger partial charge >= 0.3 is 5.97 Å². The van der Waals surface area contributed by atoms with E-state index >= 15 is 0 Å². The Hall–Kier alpha value is -2.49. The van der Waals surface area contributed by atoms with Gasteiger partial charge in [0.05, 0.1) is 7.11 Å². The summed E-state index contributed by atoms with van der Waals surface area (Å²) in [6, 6.07) is 12.7. The zero-order chi connectivity index (χ0) is 14.5. The van der Waals surface area contributed by atoms with Crippen LogP contribution >= 0.6 is 0 Å². The van der Waals surface area contributed by atoms with Crippen molar-refractivity contribution in [2.24, 2.45) is 0 Å². The van der Waals surface area contributed by atoms with Gasteiger partial charge in [-0.25, -0.2) is 4.79 Å². The van der Waals surface area contributed by atoms with Crippen LogP contribution in [-0.4, -0.2) is 13.1 Å². The zero-order valence-electron chi connectivity index (χ0n) is 11.6. The van der Waals surface area contributed by atoms with Crippen LogP contribution in [-0.2, 0) is 11.3 Å². The van der Waals surface area contributed by atoms with Crippen LogP contribution in [0.4, 0.5) is 5.69 Å². The van der Waals surface area contributed by atoms with Crippen molar-refractivity contribution in [2.45, 2.75) is 13.5 Å². The molecule has 4 nitrogen and oxygen atoms in total. The van der Waals surface area contributed by atoms with Crippen LogP contribution in [0.2, 0.25) is 0 Å². The number of benzene rings is 2.